The molecule has 2 aliphatic rings. The van der Waals surface area contributed by atoms with Crippen molar-refractivity contribution in [2.24, 2.45) is 0 Å². The Bertz CT molecular complexity index is 789. The zero-order valence-electron chi connectivity index (χ0n) is 16.2. The lowest BCUT2D eigenvalue weighted by atomic mass is 9.99. The van der Waals surface area contributed by atoms with Crippen molar-refractivity contribution in [3.63, 3.8) is 0 Å². The number of nitrogens with zero attached hydrogens (tertiary/aromatic N) is 2. The number of amides is 1. The fraction of sp³-hybridized carbons (Fsp3) is 0.435. The Morgan fingerprint density at radius 1 is 1.15 bits per heavy atom. The number of hydrogen-bond acceptors (Lipinski definition) is 3. The van der Waals surface area contributed by atoms with Crippen LogP contribution < -0.4 is 10.2 Å². The predicted molar refractivity (Wildman–Crippen MR) is 110 cm³/mol. The van der Waals surface area contributed by atoms with E-state index in [4.69, 9.17) is 0 Å². The Kier molecular flexibility index (Phi) is 5.44. The number of benzene rings is 2. The first kappa shape index (κ1) is 18.1. The molecule has 0 unspecified atom stereocenters. The number of aryl methyl sites for hydroxylation is 2. The summed E-state index contributed by atoms with van der Waals surface area (Å²) >= 11 is 0. The van der Waals surface area contributed by atoms with Crippen LogP contribution in [0.4, 0.5) is 5.69 Å². The van der Waals surface area contributed by atoms with Crippen LogP contribution in [0.2, 0.25) is 0 Å². The molecule has 1 N–H and O–H groups in total. The number of fused-ring (bicyclic) bond motifs is 1. The lowest BCUT2D eigenvalue weighted by Gasteiger charge is -2.31. The second-order valence-corrected chi connectivity index (χ2v) is 7.93. The van der Waals surface area contributed by atoms with Crippen LogP contribution in [0.25, 0.3) is 0 Å². The van der Waals surface area contributed by atoms with Gasteiger partial charge in [-0.2, -0.15) is 0 Å². The third kappa shape index (κ3) is 4.51. The minimum absolute atomic E-state index is 0.148. The van der Waals surface area contributed by atoms with Gasteiger partial charge in [0.2, 0.25) is 5.91 Å². The molecule has 1 atom stereocenters. The molecular formula is C23H29N3O. The van der Waals surface area contributed by atoms with E-state index in [-0.39, 0.29) is 11.9 Å². The number of likely N-dealkylation sites (tertiary alicyclic amines) is 1. The Hall–Kier alpha value is -2.33. The quantitative estimate of drug-likeness (QED) is 0.886. The number of nitrogens with one attached hydrogen (secondary N) is 1. The van der Waals surface area contributed by atoms with Crippen LogP contribution in [-0.2, 0) is 17.8 Å². The normalized spacial score (nSPS) is 19.7. The molecule has 0 aromatic heterocycles. The zero-order chi connectivity index (χ0) is 18.6. The summed E-state index contributed by atoms with van der Waals surface area (Å²) in [5.41, 5.74) is 5.25. The number of rotatable bonds is 5. The van der Waals surface area contributed by atoms with Gasteiger partial charge < -0.3 is 10.2 Å². The van der Waals surface area contributed by atoms with Crippen LogP contribution in [0.1, 0.15) is 29.5 Å². The summed E-state index contributed by atoms with van der Waals surface area (Å²) in [5, 5.41) is 3.26. The van der Waals surface area contributed by atoms with Crippen molar-refractivity contribution in [1.29, 1.82) is 0 Å². The molecule has 2 aliphatic heterocycles. The second-order valence-electron chi connectivity index (χ2n) is 7.93. The molecule has 142 valence electrons. The van der Waals surface area contributed by atoms with Crippen molar-refractivity contribution < 1.29 is 4.79 Å². The van der Waals surface area contributed by atoms with Gasteiger partial charge in [-0.25, -0.2) is 0 Å². The van der Waals surface area contributed by atoms with Gasteiger partial charge in [0.15, 0.2) is 0 Å². The fourth-order valence-electron chi connectivity index (χ4n) is 4.35. The summed E-state index contributed by atoms with van der Waals surface area (Å²) in [6.45, 7) is 6.51. The van der Waals surface area contributed by atoms with Crippen molar-refractivity contribution in [3.8, 4) is 0 Å². The Labute approximate surface area is 162 Å². The first-order valence-corrected chi connectivity index (χ1v) is 10.1. The van der Waals surface area contributed by atoms with Gasteiger partial charge in [0.05, 0.1) is 6.54 Å². The third-order valence-electron chi connectivity index (χ3n) is 5.67. The monoisotopic (exact) mass is 363 g/mol. The SMILES string of the molecule is Cc1ccc2c(c1)CCCN2CC(=O)N[C@@H]1CCN(Cc2ccccc2)C1. The molecule has 4 rings (SSSR count). The van der Waals surface area contributed by atoms with E-state index >= 15 is 0 Å². The summed E-state index contributed by atoms with van der Waals surface area (Å²) in [6.07, 6.45) is 3.28. The predicted octanol–water partition coefficient (Wildman–Crippen LogP) is 3.14. The lowest BCUT2D eigenvalue weighted by molar-refractivity contribution is -0.120. The van der Waals surface area contributed by atoms with Gasteiger partial charge >= 0.3 is 0 Å². The Balaban J connectivity index is 1.29. The second kappa shape index (κ2) is 8.13. The molecule has 4 heteroatoms. The maximum atomic E-state index is 12.6. The van der Waals surface area contributed by atoms with E-state index in [0.29, 0.717) is 6.54 Å². The molecule has 1 amide bonds. The zero-order valence-corrected chi connectivity index (χ0v) is 16.2. The molecule has 0 saturated carbocycles. The Morgan fingerprint density at radius 2 is 2.00 bits per heavy atom. The highest BCUT2D eigenvalue weighted by Gasteiger charge is 2.25. The van der Waals surface area contributed by atoms with Crippen molar-refractivity contribution in [2.75, 3.05) is 31.1 Å². The molecule has 0 radical (unpaired) electrons. The van der Waals surface area contributed by atoms with Crippen molar-refractivity contribution in [1.82, 2.24) is 10.2 Å². The molecule has 27 heavy (non-hydrogen) atoms. The maximum Gasteiger partial charge on any atom is 0.239 e. The van der Waals surface area contributed by atoms with E-state index in [1.807, 2.05) is 0 Å². The van der Waals surface area contributed by atoms with E-state index < -0.39 is 0 Å². The smallest absolute Gasteiger partial charge is 0.239 e. The minimum Gasteiger partial charge on any atom is -0.362 e. The maximum absolute atomic E-state index is 12.6. The molecule has 2 heterocycles. The molecule has 0 spiro atoms. The van der Waals surface area contributed by atoms with E-state index in [0.717, 1.165) is 45.4 Å². The lowest BCUT2D eigenvalue weighted by Crippen LogP contribution is -2.44. The first-order valence-electron chi connectivity index (χ1n) is 10.1. The average Bonchev–Trinajstić information content (AvgIpc) is 3.09. The van der Waals surface area contributed by atoms with Crippen LogP contribution in [0.3, 0.4) is 0 Å². The largest absolute Gasteiger partial charge is 0.362 e. The van der Waals surface area contributed by atoms with Crippen LogP contribution in [0, 0.1) is 6.92 Å². The Morgan fingerprint density at radius 3 is 2.85 bits per heavy atom. The summed E-state index contributed by atoms with van der Waals surface area (Å²) in [7, 11) is 0. The standard InChI is InChI=1S/C23H29N3O/c1-18-9-10-22-20(14-18)8-5-12-26(22)17-23(27)24-21-11-13-25(16-21)15-19-6-3-2-4-7-19/h2-4,6-7,9-10,14,21H,5,8,11-13,15-17H2,1H3,(H,24,27)/t21-/m1/s1. The van der Waals surface area contributed by atoms with Gasteiger partial charge in [-0.05, 0) is 43.4 Å². The molecule has 0 bridgehead atoms. The topological polar surface area (TPSA) is 35.6 Å². The molecule has 0 aliphatic carbocycles. The summed E-state index contributed by atoms with van der Waals surface area (Å²) in [6, 6.07) is 17.4. The fourth-order valence-corrected chi connectivity index (χ4v) is 4.35. The molecule has 1 saturated heterocycles. The number of carbonyl (C=O) groups is 1. The van der Waals surface area contributed by atoms with Gasteiger partial charge in [0, 0.05) is 37.9 Å². The van der Waals surface area contributed by atoms with Crippen LogP contribution in [0.5, 0.6) is 0 Å². The number of hydrogen-bond donors (Lipinski definition) is 1. The van der Waals surface area contributed by atoms with Gasteiger partial charge in [-0.1, -0.05) is 48.0 Å². The summed E-state index contributed by atoms with van der Waals surface area (Å²) in [4.78, 5) is 17.3. The van der Waals surface area contributed by atoms with E-state index in [1.165, 1.54) is 22.4 Å². The third-order valence-corrected chi connectivity index (χ3v) is 5.67. The van der Waals surface area contributed by atoms with Gasteiger partial charge in [-0.3, -0.25) is 9.69 Å². The van der Waals surface area contributed by atoms with Gasteiger partial charge in [0.1, 0.15) is 0 Å². The number of anilines is 1. The van der Waals surface area contributed by atoms with Crippen molar-refractivity contribution in [3.05, 3.63) is 65.2 Å². The van der Waals surface area contributed by atoms with Crippen LogP contribution >= 0.6 is 0 Å². The van der Waals surface area contributed by atoms with Crippen LogP contribution in [-0.4, -0.2) is 43.0 Å². The first-order chi connectivity index (χ1) is 13.2. The highest BCUT2D eigenvalue weighted by Crippen LogP contribution is 2.27. The van der Waals surface area contributed by atoms with E-state index in [1.54, 1.807) is 0 Å². The molecule has 1 fully saturated rings. The molecule has 2 aromatic carbocycles. The van der Waals surface area contributed by atoms with Crippen molar-refractivity contribution in [2.45, 2.75) is 38.8 Å². The molecule has 4 nitrogen and oxygen atoms in total. The van der Waals surface area contributed by atoms with Gasteiger partial charge in [-0.15, -0.1) is 0 Å². The minimum atomic E-state index is 0.148. The number of carbonyl (C=O) groups excluding carboxylic acids is 1. The average molecular weight is 364 g/mol. The molecule has 2 aromatic rings. The highest BCUT2D eigenvalue weighted by atomic mass is 16.2. The van der Waals surface area contributed by atoms with E-state index in [9.17, 15) is 4.79 Å². The van der Waals surface area contributed by atoms with E-state index in [2.05, 4.69) is 70.6 Å². The highest BCUT2D eigenvalue weighted by molar-refractivity contribution is 5.82. The van der Waals surface area contributed by atoms with Crippen LogP contribution in [0.15, 0.2) is 48.5 Å². The molecular weight excluding hydrogens is 334 g/mol. The van der Waals surface area contributed by atoms with Crippen molar-refractivity contribution >= 4 is 11.6 Å². The summed E-state index contributed by atoms with van der Waals surface area (Å²) in [5.74, 6) is 0.148. The summed E-state index contributed by atoms with van der Waals surface area (Å²) < 4.78 is 0. The van der Waals surface area contributed by atoms with Gasteiger partial charge in [0.25, 0.3) is 0 Å².